The topological polar surface area (TPSA) is 15.6 Å². The van der Waals surface area contributed by atoms with Gasteiger partial charge in [0.05, 0.1) is 17.8 Å². The Bertz CT molecular complexity index is 626. The molecule has 20 heavy (non-hydrogen) atoms. The van der Waals surface area contributed by atoms with E-state index in [4.69, 9.17) is 4.99 Å². The van der Waals surface area contributed by atoms with Crippen molar-refractivity contribution in [1.29, 1.82) is 0 Å². The van der Waals surface area contributed by atoms with Gasteiger partial charge in [-0.15, -0.1) is 0 Å². The lowest BCUT2D eigenvalue weighted by molar-refractivity contribution is 0.305. The van der Waals surface area contributed by atoms with Gasteiger partial charge < -0.3 is 4.90 Å². The molecular formula is C15H14F2N2S. The molecule has 1 aromatic rings. The number of aliphatic imine (C=N–C) groups is 1. The van der Waals surface area contributed by atoms with E-state index in [1.165, 1.54) is 36.7 Å². The molecule has 104 valence electrons. The molecule has 0 N–H and O–H groups in total. The molecule has 2 heterocycles. The molecule has 0 spiro atoms. The molecule has 0 aromatic heterocycles. The molecule has 0 bridgehead atoms. The summed E-state index contributed by atoms with van der Waals surface area (Å²) in [4.78, 5) is 6.85. The van der Waals surface area contributed by atoms with Crippen molar-refractivity contribution in [2.75, 3.05) is 0 Å². The van der Waals surface area contributed by atoms with Gasteiger partial charge in [0, 0.05) is 11.0 Å². The van der Waals surface area contributed by atoms with Gasteiger partial charge in [-0.3, -0.25) is 4.99 Å². The van der Waals surface area contributed by atoms with Crippen LogP contribution in [0.4, 0.5) is 8.78 Å². The number of thioether (sulfide) groups is 1. The molecule has 2 atom stereocenters. The summed E-state index contributed by atoms with van der Waals surface area (Å²) < 4.78 is 27.4. The van der Waals surface area contributed by atoms with E-state index in [1.807, 2.05) is 5.41 Å². The smallest absolute Gasteiger partial charge is 0.168 e. The van der Waals surface area contributed by atoms with E-state index in [0.29, 0.717) is 17.6 Å². The third-order valence-corrected chi connectivity index (χ3v) is 5.10. The highest BCUT2D eigenvalue weighted by atomic mass is 32.2. The largest absolute Gasteiger partial charge is 0.315 e. The lowest BCUT2D eigenvalue weighted by atomic mass is 9.90. The van der Waals surface area contributed by atoms with Crippen LogP contribution < -0.4 is 0 Å². The Balaban J connectivity index is 1.73. The highest BCUT2D eigenvalue weighted by Gasteiger charge is 2.42. The Labute approximate surface area is 120 Å². The molecule has 2 nitrogen and oxygen atoms in total. The lowest BCUT2D eigenvalue weighted by Gasteiger charge is -2.32. The summed E-state index contributed by atoms with van der Waals surface area (Å²) in [5.41, 5.74) is 1.11. The van der Waals surface area contributed by atoms with Crippen molar-refractivity contribution < 1.29 is 8.78 Å². The molecule has 1 aliphatic carbocycles. The normalized spacial score (nSPS) is 28.0. The second kappa shape index (κ2) is 4.58. The number of halogens is 2. The first-order valence-electron chi connectivity index (χ1n) is 6.93. The summed E-state index contributed by atoms with van der Waals surface area (Å²) in [5.74, 6) is -0.782. The number of fused-ring (bicyclic) bond motifs is 3. The van der Waals surface area contributed by atoms with Crippen LogP contribution in [-0.2, 0) is 0 Å². The molecule has 0 amide bonds. The van der Waals surface area contributed by atoms with Gasteiger partial charge in [0.15, 0.2) is 5.17 Å². The molecule has 0 unspecified atom stereocenters. The number of nitrogens with zero attached hydrogens (tertiary/aromatic N) is 2. The fourth-order valence-corrected chi connectivity index (χ4v) is 4.31. The van der Waals surface area contributed by atoms with Crippen LogP contribution >= 0.6 is 11.8 Å². The van der Waals surface area contributed by atoms with Crippen LogP contribution in [0.15, 0.2) is 28.6 Å². The van der Waals surface area contributed by atoms with Crippen molar-refractivity contribution in [2.45, 2.75) is 37.8 Å². The van der Waals surface area contributed by atoms with Crippen LogP contribution in [0.5, 0.6) is 0 Å². The zero-order valence-electron chi connectivity index (χ0n) is 10.9. The highest BCUT2D eigenvalue weighted by Crippen LogP contribution is 2.44. The summed E-state index contributed by atoms with van der Waals surface area (Å²) in [6, 6.07) is 4.28. The van der Waals surface area contributed by atoms with Crippen LogP contribution in [0, 0.1) is 11.6 Å². The van der Waals surface area contributed by atoms with Crippen molar-refractivity contribution in [3.8, 4) is 0 Å². The molecule has 2 aliphatic heterocycles. The first kappa shape index (κ1) is 12.4. The molecule has 0 radical (unpaired) electrons. The number of benzene rings is 1. The molecule has 4 rings (SSSR count). The maximum absolute atomic E-state index is 14.0. The quantitative estimate of drug-likeness (QED) is 0.777. The second-order valence-corrected chi connectivity index (χ2v) is 6.28. The average molecular weight is 292 g/mol. The van der Waals surface area contributed by atoms with Crippen molar-refractivity contribution in [3.05, 3.63) is 40.8 Å². The minimum atomic E-state index is -0.405. The number of rotatable bonds is 1. The van der Waals surface area contributed by atoms with E-state index in [-0.39, 0.29) is 5.82 Å². The Kier molecular flexibility index (Phi) is 2.84. The third-order valence-electron chi connectivity index (χ3n) is 4.25. The Morgan fingerprint density at radius 2 is 2.05 bits per heavy atom. The van der Waals surface area contributed by atoms with E-state index in [2.05, 4.69) is 4.90 Å². The van der Waals surface area contributed by atoms with E-state index in [0.717, 1.165) is 29.8 Å². The van der Waals surface area contributed by atoms with E-state index in [1.54, 1.807) is 0 Å². The fraction of sp³-hybridized carbons (Fsp3) is 0.400. The van der Waals surface area contributed by atoms with Crippen molar-refractivity contribution in [1.82, 2.24) is 4.90 Å². The maximum Gasteiger partial charge on any atom is 0.168 e. The van der Waals surface area contributed by atoms with E-state index < -0.39 is 5.82 Å². The number of hydrogen-bond acceptors (Lipinski definition) is 3. The Hall–Kier alpha value is -1.36. The second-order valence-electron chi connectivity index (χ2n) is 5.45. The molecule has 1 saturated carbocycles. The summed E-state index contributed by atoms with van der Waals surface area (Å²) in [5, 5.41) is 2.84. The molecule has 5 heteroatoms. The number of hydrogen-bond donors (Lipinski definition) is 0. The Morgan fingerprint density at radius 1 is 1.20 bits per heavy atom. The van der Waals surface area contributed by atoms with Gasteiger partial charge in [-0.1, -0.05) is 24.6 Å². The predicted molar refractivity (Wildman–Crippen MR) is 77.2 cm³/mol. The minimum Gasteiger partial charge on any atom is -0.315 e. The average Bonchev–Trinajstić information content (AvgIpc) is 3.00. The molecule has 1 aromatic carbocycles. The van der Waals surface area contributed by atoms with Gasteiger partial charge in [0.1, 0.15) is 11.6 Å². The van der Waals surface area contributed by atoms with Crippen LogP contribution in [0.2, 0.25) is 0 Å². The highest BCUT2D eigenvalue weighted by molar-refractivity contribution is 8.16. The zero-order chi connectivity index (χ0) is 13.7. The lowest BCUT2D eigenvalue weighted by Crippen LogP contribution is -2.38. The third kappa shape index (κ3) is 1.79. The zero-order valence-corrected chi connectivity index (χ0v) is 11.7. The molecular weight excluding hydrogens is 278 g/mol. The van der Waals surface area contributed by atoms with Crippen molar-refractivity contribution in [3.63, 3.8) is 0 Å². The van der Waals surface area contributed by atoms with E-state index >= 15 is 0 Å². The maximum atomic E-state index is 14.0. The summed E-state index contributed by atoms with van der Waals surface area (Å²) >= 11 is 1.52. The van der Waals surface area contributed by atoms with Gasteiger partial charge in [0.25, 0.3) is 0 Å². The van der Waals surface area contributed by atoms with Crippen LogP contribution in [-0.4, -0.2) is 22.2 Å². The first-order valence-corrected chi connectivity index (χ1v) is 7.81. The monoisotopic (exact) mass is 292 g/mol. The van der Waals surface area contributed by atoms with Gasteiger partial charge in [0.2, 0.25) is 0 Å². The van der Waals surface area contributed by atoms with E-state index in [9.17, 15) is 8.78 Å². The molecule has 0 saturated heterocycles. The van der Waals surface area contributed by atoms with Gasteiger partial charge in [-0.25, -0.2) is 8.78 Å². The first-order chi connectivity index (χ1) is 9.74. The van der Waals surface area contributed by atoms with Crippen LogP contribution in [0.1, 0.15) is 31.2 Å². The van der Waals surface area contributed by atoms with Crippen LogP contribution in [0.25, 0.3) is 5.70 Å². The summed E-state index contributed by atoms with van der Waals surface area (Å²) in [6.45, 7) is 0. The number of amidine groups is 1. The summed E-state index contributed by atoms with van der Waals surface area (Å²) in [7, 11) is 0. The molecule has 1 fully saturated rings. The van der Waals surface area contributed by atoms with Gasteiger partial charge in [-0.2, -0.15) is 0 Å². The Morgan fingerprint density at radius 3 is 2.95 bits per heavy atom. The molecule has 3 aliphatic rings. The van der Waals surface area contributed by atoms with Crippen molar-refractivity contribution in [2.24, 2.45) is 4.99 Å². The van der Waals surface area contributed by atoms with Crippen LogP contribution in [0.3, 0.4) is 0 Å². The SMILES string of the molecule is Fc1ccc(F)c(C2=CSC3=N[C@H]4CCCC[C@H]4N23)c1. The van der Waals surface area contributed by atoms with Crippen molar-refractivity contribution >= 4 is 22.6 Å². The standard InChI is InChI=1S/C15H14F2N2S/c16-9-5-6-11(17)10(7-9)14-8-20-15-18-12-3-1-2-4-13(12)19(14)15/h5-8,12-13H,1-4H2/t12-,13+/m0/s1. The minimum absolute atomic E-state index is 0.322. The summed E-state index contributed by atoms with van der Waals surface area (Å²) in [6.07, 6.45) is 4.57. The predicted octanol–water partition coefficient (Wildman–Crippen LogP) is 3.99. The fourth-order valence-electron chi connectivity index (χ4n) is 3.31. The van der Waals surface area contributed by atoms with Gasteiger partial charge in [-0.05, 0) is 31.0 Å². The van der Waals surface area contributed by atoms with Gasteiger partial charge >= 0.3 is 0 Å².